The van der Waals surface area contributed by atoms with Crippen molar-refractivity contribution in [3.05, 3.63) is 36.0 Å². The third-order valence-electron chi connectivity index (χ3n) is 2.32. The molecule has 0 saturated heterocycles. The van der Waals surface area contributed by atoms with E-state index in [1.165, 1.54) is 17.3 Å². The maximum atomic E-state index is 12.1. The van der Waals surface area contributed by atoms with Crippen molar-refractivity contribution >= 4 is 11.7 Å². The molecule has 18 heavy (non-hydrogen) atoms. The average Bonchev–Trinajstić information content (AvgIpc) is 2.90. The molecule has 4 N–H and O–H groups in total. The maximum Gasteiger partial charge on any atom is 0.274 e. The predicted octanol–water partition coefficient (Wildman–Crippen LogP) is -0.242. The normalized spacial score (nSPS) is 10.1. The number of nitrogens with one attached hydrogen (secondary N) is 2. The number of anilines is 1. The van der Waals surface area contributed by atoms with Gasteiger partial charge in [-0.25, -0.2) is 10.8 Å². The highest BCUT2D eigenvalue weighted by atomic mass is 16.2. The highest BCUT2D eigenvalue weighted by molar-refractivity contribution is 5.92. The number of carbonyl (C=O) groups excluding carboxylic acids is 1. The molecule has 0 atom stereocenters. The van der Waals surface area contributed by atoms with Crippen LogP contribution in [0.2, 0.25) is 0 Å². The lowest BCUT2D eigenvalue weighted by Gasteiger charge is -2.15. The fourth-order valence-corrected chi connectivity index (χ4v) is 1.44. The van der Waals surface area contributed by atoms with Gasteiger partial charge in [0.2, 0.25) is 0 Å². The summed E-state index contributed by atoms with van der Waals surface area (Å²) in [6.45, 7) is 0.442. The summed E-state index contributed by atoms with van der Waals surface area (Å²) in [5.74, 6) is 5.32. The van der Waals surface area contributed by atoms with Gasteiger partial charge in [-0.05, 0) is 0 Å². The van der Waals surface area contributed by atoms with Crippen LogP contribution in [-0.2, 0) is 6.54 Å². The number of hydrogen-bond donors (Lipinski definition) is 3. The zero-order valence-corrected chi connectivity index (χ0v) is 9.79. The van der Waals surface area contributed by atoms with E-state index in [1.807, 2.05) is 0 Å². The minimum Gasteiger partial charge on any atom is -0.336 e. The Hall–Kier alpha value is -2.48. The van der Waals surface area contributed by atoms with Crippen LogP contribution < -0.4 is 11.3 Å². The highest BCUT2D eigenvalue weighted by Gasteiger charge is 2.14. The van der Waals surface area contributed by atoms with Gasteiger partial charge in [0.1, 0.15) is 5.69 Å². The van der Waals surface area contributed by atoms with E-state index >= 15 is 0 Å². The molecule has 2 aromatic rings. The molecule has 0 unspecified atom stereocenters. The Kier molecular flexibility index (Phi) is 3.49. The summed E-state index contributed by atoms with van der Waals surface area (Å²) in [6, 6.07) is 0. The van der Waals surface area contributed by atoms with Gasteiger partial charge in [0.05, 0.1) is 18.6 Å². The second-order valence-electron chi connectivity index (χ2n) is 3.70. The topological polar surface area (TPSA) is 113 Å². The first-order valence-electron chi connectivity index (χ1n) is 5.22. The number of nitrogens with two attached hydrogens (primary N) is 1. The van der Waals surface area contributed by atoms with Crippen LogP contribution in [-0.4, -0.2) is 38.0 Å². The van der Waals surface area contributed by atoms with Gasteiger partial charge in [-0.2, -0.15) is 5.10 Å². The smallest absolute Gasteiger partial charge is 0.274 e. The van der Waals surface area contributed by atoms with E-state index in [9.17, 15) is 4.79 Å². The number of aromatic nitrogens is 4. The summed E-state index contributed by atoms with van der Waals surface area (Å²) >= 11 is 0. The molecule has 2 rings (SSSR count). The number of amides is 1. The van der Waals surface area contributed by atoms with Crippen LogP contribution in [0.1, 0.15) is 16.1 Å². The molecule has 8 nitrogen and oxygen atoms in total. The zero-order valence-electron chi connectivity index (χ0n) is 9.79. The van der Waals surface area contributed by atoms with Crippen molar-refractivity contribution < 1.29 is 4.79 Å². The maximum absolute atomic E-state index is 12.1. The third kappa shape index (κ3) is 2.61. The summed E-state index contributed by atoms with van der Waals surface area (Å²) < 4.78 is 0. The van der Waals surface area contributed by atoms with E-state index in [-0.39, 0.29) is 11.6 Å². The molecular formula is C10H13N7O. The Morgan fingerprint density at radius 2 is 2.33 bits per heavy atom. The summed E-state index contributed by atoms with van der Waals surface area (Å²) in [6.07, 6.45) is 6.22. The molecule has 0 aliphatic heterocycles. The van der Waals surface area contributed by atoms with Crippen molar-refractivity contribution in [2.24, 2.45) is 5.84 Å². The predicted molar refractivity (Wildman–Crippen MR) is 64.2 cm³/mol. The molecule has 2 heterocycles. The zero-order chi connectivity index (χ0) is 13.0. The van der Waals surface area contributed by atoms with E-state index in [4.69, 9.17) is 5.84 Å². The van der Waals surface area contributed by atoms with Gasteiger partial charge in [0, 0.05) is 25.4 Å². The minimum atomic E-state index is -0.235. The van der Waals surface area contributed by atoms with Gasteiger partial charge >= 0.3 is 0 Å². The van der Waals surface area contributed by atoms with Crippen molar-refractivity contribution in [3.8, 4) is 0 Å². The average molecular weight is 247 g/mol. The van der Waals surface area contributed by atoms with Gasteiger partial charge in [0.25, 0.3) is 5.91 Å². The molecular weight excluding hydrogens is 234 g/mol. The summed E-state index contributed by atoms with van der Waals surface area (Å²) in [5.41, 5.74) is 3.49. The number of hydrazine groups is 1. The van der Waals surface area contributed by atoms with Crippen LogP contribution in [0.25, 0.3) is 0 Å². The van der Waals surface area contributed by atoms with E-state index < -0.39 is 0 Å². The highest BCUT2D eigenvalue weighted by Crippen LogP contribution is 2.06. The summed E-state index contributed by atoms with van der Waals surface area (Å²) in [5, 5.41) is 6.51. The van der Waals surface area contributed by atoms with Crippen LogP contribution in [0.15, 0.2) is 24.8 Å². The molecule has 0 bridgehead atoms. The lowest BCUT2D eigenvalue weighted by Crippen LogP contribution is -2.27. The second kappa shape index (κ2) is 5.23. The fourth-order valence-electron chi connectivity index (χ4n) is 1.44. The largest absolute Gasteiger partial charge is 0.336 e. The van der Waals surface area contributed by atoms with Crippen molar-refractivity contribution in [2.75, 3.05) is 12.5 Å². The molecule has 0 radical (unpaired) electrons. The molecule has 0 aliphatic rings. The Balaban J connectivity index is 2.10. The van der Waals surface area contributed by atoms with Crippen LogP contribution in [0.4, 0.5) is 5.82 Å². The van der Waals surface area contributed by atoms with Crippen LogP contribution >= 0.6 is 0 Å². The van der Waals surface area contributed by atoms with Gasteiger partial charge in [-0.1, -0.05) is 0 Å². The van der Waals surface area contributed by atoms with Gasteiger partial charge in [-0.15, -0.1) is 0 Å². The van der Waals surface area contributed by atoms with Crippen LogP contribution in [0.5, 0.6) is 0 Å². The van der Waals surface area contributed by atoms with Crippen LogP contribution in [0.3, 0.4) is 0 Å². The van der Waals surface area contributed by atoms with Crippen molar-refractivity contribution in [1.29, 1.82) is 0 Å². The SMILES string of the molecule is CN(Cc1cn[nH]c1)C(=O)c1cncc(NN)n1. The van der Waals surface area contributed by atoms with Crippen LogP contribution in [0, 0.1) is 0 Å². The van der Waals surface area contributed by atoms with Gasteiger partial charge in [-0.3, -0.25) is 14.9 Å². The van der Waals surface area contributed by atoms with Crippen molar-refractivity contribution in [2.45, 2.75) is 6.54 Å². The number of carbonyl (C=O) groups is 1. The first-order valence-corrected chi connectivity index (χ1v) is 5.22. The molecule has 0 saturated carbocycles. The lowest BCUT2D eigenvalue weighted by atomic mass is 10.3. The number of H-pyrrole nitrogens is 1. The Morgan fingerprint density at radius 1 is 1.50 bits per heavy atom. The summed E-state index contributed by atoms with van der Waals surface area (Å²) in [4.78, 5) is 21.5. The van der Waals surface area contributed by atoms with E-state index in [2.05, 4.69) is 25.6 Å². The standard InChI is InChI=1S/C10H13N7O/c1-17(6-7-2-13-14-3-7)10(18)8-4-12-5-9(15-8)16-11/h2-5H,6,11H2,1H3,(H,13,14)(H,15,16). The van der Waals surface area contributed by atoms with Crippen molar-refractivity contribution in [1.82, 2.24) is 25.1 Å². The molecule has 0 aliphatic carbocycles. The molecule has 0 aromatic carbocycles. The Morgan fingerprint density at radius 3 is 3.00 bits per heavy atom. The minimum absolute atomic E-state index is 0.233. The monoisotopic (exact) mass is 247 g/mol. The second-order valence-corrected chi connectivity index (χ2v) is 3.70. The quantitative estimate of drug-likeness (QED) is 0.507. The molecule has 0 fully saturated rings. The number of hydrogen-bond acceptors (Lipinski definition) is 6. The van der Waals surface area contributed by atoms with E-state index in [1.54, 1.807) is 19.4 Å². The van der Waals surface area contributed by atoms with Crippen molar-refractivity contribution in [3.63, 3.8) is 0 Å². The first-order chi connectivity index (χ1) is 8.70. The van der Waals surface area contributed by atoms with E-state index in [0.29, 0.717) is 12.4 Å². The molecule has 1 amide bonds. The Labute approximate surface area is 103 Å². The van der Waals surface area contributed by atoms with Gasteiger partial charge < -0.3 is 10.3 Å². The third-order valence-corrected chi connectivity index (χ3v) is 2.32. The lowest BCUT2D eigenvalue weighted by molar-refractivity contribution is 0.0779. The van der Waals surface area contributed by atoms with E-state index in [0.717, 1.165) is 5.56 Å². The number of nitrogens with zero attached hydrogens (tertiary/aromatic N) is 4. The molecule has 0 spiro atoms. The Bertz CT molecular complexity index is 525. The first kappa shape index (κ1) is 12.0. The molecule has 2 aromatic heterocycles. The number of nitrogen functional groups attached to an aromatic ring is 1. The number of aromatic amines is 1. The molecule has 94 valence electrons. The molecule has 8 heteroatoms. The summed E-state index contributed by atoms with van der Waals surface area (Å²) in [7, 11) is 1.68. The number of rotatable bonds is 4. The van der Waals surface area contributed by atoms with Gasteiger partial charge in [0.15, 0.2) is 5.82 Å². The fraction of sp³-hybridized carbons (Fsp3) is 0.200.